The van der Waals surface area contributed by atoms with Gasteiger partial charge in [-0.2, -0.15) is 0 Å². The third-order valence-corrected chi connectivity index (χ3v) is 4.27. The van der Waals surface area contributed by atoms with Crippen LogP contribution in [0.4, 0.5) is 11.4 Å². The van der Waals surface area contributed by atoms with E-state index in [0.29, 0.717) is 6.07 Å². The Morgan fingerprint density at radius 2 is 1.58 bits per heavy atom. The molecule has 1 aliphatic rings. The molecule has 0 aliphatic carbocycles. The van der Waals surface area contributed by atoms with Gasteiger partial charge in [0.2, 0.25) is 0 Å². The normalized spacial score (nSPS) is 18.4. The van der Waals surface area contributed by atoms with Gasteiger partial charge in [0.05, 0.1) is 38.1 Å². The van der Waals surface area contributed by atoms with Gasteiger partial charge in [-0.25, -0.2) is 4.79 Å². The van der Waals surface area contributed by atoms with Crippen molar-refractivity contribution in [1.82, 2.24) is 0 Å². The molecule has 1 N–H and O–H groups in total. The van der Waals surface area contributed by atoms with E-state index in [4.69, 9.17) is 9.31 Å². The molecule has 0 bridgehead atoms. The Labute approximate surface area is 136 Å². The van der Waals surface area contributed by atoms with Gasteiger partial charge in [0.1, 0.15) is 0 Å². The third-order valence-electron chi connectivity index (χ3n) is 4.27. The maximum absolute atomic E-state index is 11.5. The van der Waals surface area contributed by atoms with Gasteiger partial charge in [0.15, 0.2) is 0 Å². The van der Waals surface area contributed by atoms with Crippen LogP contribution in [-0.2, 0) is 9.31 Å². The average Bonchev–Trinajstić information content (AvgIpc) is 2.65. The van der Waals surface area contributed by atoms with Crippen LogP contribution in [0.1, 0.15) is 38.1 Å². The minimum absolute atomic E-state index is 0.350. The van der Waals surface area contributed by atoms with Gasteiger partial charge in [-0.05, 0) is 27.7 Å². The molecule has 24 heavy (non-hydrogen) atoms. The monoisotopic (exact) mass is 338 g/mol. The minimum Gasteiger partial charge on any atom is -0.478 e. The molecule has 0 saturated carbocycles. The number of benzene rings is 1. The summed E-state index contributed by atoms with van der Waals surface area (Å²) in [6, 6.07) is 1.46. The fraction of sp³-hybridized carbons (Fsp3) is 0.462. The molecule has 0 amide bonds. The van der Waals surface area contributed by atoms with Crippen molar-refractivity contribution in [3.63, 3.8) is 0 Å². The van der Waals surface area contributed by atoms with Gasteiger partial charge < -0.3 is 14.4 Å². The second kappa shape index (κ2) is 5.53. The fourth-order valence-electron chi connectivity index (χ4n) is 2.27. The summed E-state index contributed by atoms with van der Waals surface area (Å²) in [6.07, 6.45) is 0. The highest BCUT2D eigenvalue weighted by Crippen LogP contribution is 2.38. The topological polar surface area (TPSA) is 142 Å². The van der Waals surface area contributed by atoms with Crippen molar-refractivity contribution in [1.29, 1.82) is 0 Å². The summed E-state index contributed by atoms with van der Waals surface area (Å²) in [7, 11) is -1.33. The number of carboxylic acids is 1. The molecule has 11 heteroatoms. The number of non-ortho nitro benzene ring substituents is 1. The van der Waals surface area contributed by atoms with Gasteiger partial charge in [0.25, 0.3) is 11.4 Å². The molecular weight excluding hydrogens is 323 g/mol. The summed E-state index contributed by atoms with van der Waals surface area (Å²) in [5.41, 5.74) is -4.10. The molecule has 1 aromatic carbocycles. The summed E-state index contributed by atoms with van der Waals surface area (Å²) in [4.78, 5) is 32.0. The molecule has 0 aromatic heterocycles. The van der Waals surface area contributed by atoms with E-state index in [0.717, 1.165) is 6.07 Å². The standard InChI is InChI=1S/C13H15BN2O8/c1-12(2)13(3,4)24-14(23-12)10-8(11(17)18)5-7(15(19)20)6-9(10)16(21)22/h5-6H,1-4H3,(H,17,18). The highest BCUT2D eigenvalue weighted by atomic mass is 16.7. The van der Waals surface area contributed by atoms with Crippen molar-refractivity contribution in [3.05, 3.63) is 37.9 Å². The van der Waals surface area contributed by atoms with E-state index in [-0.39, 0.29) is 5.46 Å². The van der Waals surface area contributed by atoms with Crippen molar-refractivity contribution < 1.29 is 29.1 Å². The second-order valence-electron chi connectivity index (χ2n) is 6.33. The zero-order valence-electron chi connectivity index (χ0n) is 13.4. The lowest BCUT2D eigenvalue weighted by molar-refractivity contribution is -0.393. The van der Waals surface area contributed by atoms with E-state index in [9.17, 15) is 30.1 Å². The third kappa shape index (κ3) is 2.83. The molecule has 1 heterocycles. The number of aromatic carboxylic acids is 1. The van der Waals surface area contributed by atoms with E-state index in [1.807, 2.05) is 0 Å². The first kappa shape index (κ1) is 17.8. The Hall–Kier alpha value is -2.53. The lowest BCUT2D eigenvalue weighted by atomic mass is 9.74. The molecule has 0 unspecified atom stereocenters. The Balaban J connectivity index is 2.71. The highest BCUT2D eigenvalue weighted by molar-refractivity contribution is 6.65. The SMILES string of the molecule is CC1(C)OB(c2c(C(=O)O)cc([N+](=O)[O-])cc2[N+](=O)[O-])OC1(C)C. The molecular formula is C13H15BN2O8. The van der Waals surface area contributed by atoms with Crippen LogP contribution in [0, 0.1) is 20.2 Å². The molecule has 128 valence electrons. The first-order valence-electron chi connectivity index (χ1n) is 6.93. The Bertz CT molecular complexity index is 694. The van der Waals surface area contributed by atoms with Gasteiger partial charge in [0, 0.05) is 6.07 Å². The van der Waals surface area contributed by atoms with Crippen molar-refractivity contribution in [2.75, 3.05) is 0 Å². The molecule has 1 saturated heterocycles. The summed E-state index contributed by atoms with van der Waals surface area (Å²) < 4.78 is 11.3. The lowest BCUT2D eigenvalue weighted by Gasteiger charge is -2.32. The quantitative estimate of drug-likeness (QED) is 0.494. The van der Waals surface area contributed by atoms with E-state index >= 15 is 0 Å². The molecule has 0 spiro atoms. The number of carbonyl (C=O) groups is 1. The van der Waals surface area contributed by atoms with Gasteiger partial charge in [-0.3, -0.25) is 20.2 Å². The number of nitro benzene ring substituents is 2. The average molecular weight is 338 g/mol. The maximum atomic E-state index is 11.5. The molecule has 0 radical (unpaired) electrons. The predicted octanol–water partition coefficient (Wildman–Crippen LogP) is 1.50. The smallest absolute Gasteiger partial charge is 0.478 e. The zero-order valence-corrected chi connectivity index (χ0v) is 13.4. The van der Waals surface area contributed by atoms with Crippen molar-refractivity contribution >= 4 is 29.9 Å². The summed E-state index contributed by atoms with van der Waals surface area (Å²) in [5, 5.41) is 31.6. The second-order valence-corrected chi connectivity index (χ2v) is 6.33. The van der Waals surface area contributed by atoms with E-state index < -0.39 is 51.1 Å². The van der Waals surface area contributed by atoms with E-state index in [1.165, 1.54) is 0 Å². The first-order chi connectivity index (χ1) is 10.9. The lowest BCUT2D eigenvalue weighted by Crippen LogP contribution is -2.41. The molecule has 1 aromatic rings. The van der Waals surface area contributed by atoms with E-state index in [1.54, 1.807) is 27.7 Å². The number of hydrogen-bond donors (Lipinski definition) is 1. The number of carboxylic acid groups (broad SMARTS) is 1. The van der Waals surface area contributed by atoms with Crippen LogP contribution in [0.5, 0.6) is 0 Å². The Morgan fingerprint density at radius 1 is 1.08 bits per heavy atom. The van der Waals surface area contributed by atoms with Gasteiger partial charge >= 0.3 is 13.1 Å². The number of nitro groups is 2. The van der Waals surface area contributed by atoms with Crippen molar-refractivity contribution in [2.24, 2.45) is 0 Å². The van der Waals surface area contributed by atoms with Gasteiger partial charge in [-0.15, -0.1) is 0 Å². The maximum Gasteiger partial charge on any atom is 0.502 e. The Kier molecular flexibility index (Phi) is 4.11. The van der Waals surface area contributed by atoms with Gasteiger partial charge in [-0.1, -0.05) is 0 Å². The molecule has 1 fully saturated rings. The van der Waals surface area contributed by atoms with Crippen LogP contribution in [0.25, 0.3) is 0 Å². The van der Waals surface area contributed by atoms with Crippen LogP contribution in [0.3, 0.4) is 0 Å². The summed E-state index contributed by atoms with van der Waals surface area (Å²) in [6.45, 7) is 6.80. The fourth-order valence-corrected chi connectivity index (χ4v) is 2.27. The van der Waals surface area contributed by atoms with Crippen LogP contribution >= 0.6 is 0 Å². The zero-order chi connectivity index (χ0) is 18.4. The number of nitrogens with zero attached hydrogens (tertiary/aromatic N) is 2. The number of rotatable bonds is 4. The molecule has 1 aliphatic heterocycles. The van der Waals surface area contributed by atoms with Crippen LogP contribution in [0.15, 0.2) is 12.1 Å². The predicted molar refractivity (Wildman–Crippen MR) is 82.4 cm³/mol. The number of hydrogen-bond acceptors (Lipinski definition) is 7. The molecule has 10 nitrogen and oxygen atoms in total. The van der Waals surface area contributed by atoms with Crippen molar-refractivity contribution in [3.8, 4) is 0 Å². The van der Waals surface area contributed by atoms with Crippen LogP contribution in [0.2, 0.25) is 0 Å². The largest absolute Gasteiger partial charge is 0.502 e. The van der Waals surface area contributed by atoms with Crippen LogP contribution < -0.4 is 5.46 Å². The first-order valence-corrected chi connectivity index (χ1v) is 6.93. The van der Waals surface area contributed by atoms with Crippen molar-refractivity contribution in [2.45, 2.75) is 38.9 Å². The minimum atomic E-state index is -1.55. The summed E-state index contributed by atoms with van der Waals surface area (Å²) in [5.74, 6) is -1.55. The molecule has 2 rings (SSSR count). The van der Waals surface area contributed by atoms with Crippen LogP contribution in [-0.4, -0.2) is 39.2 Å². The highest BCUT2D eigenvalue weighted by Gasteiger charge is 2.54. The Morgan fingerprint density at radius 3 is 1.96 bits per heavy atom. The van der Waals surface area contributed by atoms with E-state index in [2.05, 4.69) is 0 Å². The summed E-state index contributed by atoms with van der Waals surface area (Å²) >= 11 is 0. The molecule has 0 atom stereocenters.